The summed E-state index contributed by atoms with van der Waals surface area (Å²) in [6.07, 6.45) is 1.88. The highest BCUT2D eigenvalue weighted by Crippen LogP contribution is 2.32. The van der Waals surface area contributed by atoms with Crippen LogP contribution in [-0.4, -0.2) is 24.3 Å². The molecule has 84 valence electrons. The van der Waals surface area contributed by atoms with Gasteiger partial charge >= 0.3 is 5.97 Å². The van der Waals surface area contributed by atoms with E-state index in [9.17, 15) is 9.18 Å². The third-order valence-electron chi connectivity index (χ3n) is 2.04. The van der Waals surface area contributed by atoms with Crippen LogP contribution in [0.15, 0.2) is 17.0 Å². The van der Waals surface area contributed by atoms with Gasteiger partial charge in [-0.1, -0.05) is 0 Å². The molecular weight excluding hydrogens is 249 g/mol. The summed E-state index contributed by atoms with van der Waals surface area (Å²) in [4.78, 5) is 16.2. The molecule has 0 saturated carbocycles. The lowest BCUT2D eigenvalue weighted by Crippen LogP contribution is -1.99. The molecule has 1 aromatic heterocycles. The van der Waals surface area contributed by atoms with Crippen LogP contribution in [0.5, 0.6) is 0 Å². The first kappa shape index (κ1) is 11.3. The first-order chi connectivity index (χ1) is 7.67. The number of fused-ring (bicyclic) bond motifs is 1. The van der Waals surface area contributed by atoms with E-state index >= 15 is 0 Å². The van der Waals surface area contributed by atoms with Crippen molar-refractivity contribution in [1.29, 1.82) is 0 Å². The maximum atomic E-state index is 13.5. The number of ether oxygens (including phenoxy) is 1. The van der Waals surface area contributed by atoms with Crippen LogP contribution in [0.4, 0.5) is 4.39 Å². The average molecular weight is 257 g/mol. The van der Waals surface area contributed by atoms with Crippen LogP contribution in [0.3, 0.4) is 0 Å². The Morgan fingerprint density at radius 3 is 2.94 bits per heavy atom. The van der Waals surface area contributed by atoms with E-state index in [1.807, 2.05) is 6.26 Å². The summed E-state index contributed by atoms with van der Waals surface area (Å²) in [6, 6.07) is 3.04. The van der Waals surface area contributed by atoms with Crippen LogP contribution in [-0.2, 0) is 4.74 Å². The molecule has 0 bridgehead atoms. The lowest BCUT2D eigenvalue weighted by atomic mass is 10.3. The van der Waals surface area contributed by atoms with Crippen LogP contribution >= 0.6 is 23.1 Å². The lowest BCUT2D eigenvalue weighted by molar-refractivity contribution is 0.0600. The Bertz CT molecular complexity index is 553. The molecule has 0 saturated heterocycles. The van der Waals surface area contributed by atoms with E-state index in [1.165, 1.54) is 24.9 Å². The fraction of sp³-hybridized carbons (Fsp3) is 0.200. The first-order valence-corrected chi connectivity index (χ1v) is 6.43. The maximum absolute atomic E-state index is 13.5. The Kier molecular flexibility index (Phi) is 3.11. The van der Waals surface area contributed by atoms with E-state index < -0.39 is 5.97 Å². The van der Waals surface area contributed by atoms with E-state index in [-0.39, 0.29) is 10.8 Å². The molecule has 0 amide bonds. The number of rotatable bonds is 2. The highest BCUT2D eigenvalue weighted by atomic mass is 32.2. The zero-order valence-electron chi connectivity index (χ0n) is 8.61. The zero-order chi connectivity index (χ0) is 11.7. The number of esters is 1. The summed E-state index contributed by atoms with van der Waals surface area (Å²) >= 11 is 2.48. The van der Waals surface area contributed by atoms with Gasteiger partial charge in [-0.25, -0.2) is 14.2 Å². The van der Waals surface area contributed by atoms with Crippen molar-refractivity contribution in [3.63, 3.8) is 0 Å². The van der Waals surface area contributed by atoms with Crippen molar-refractivity contribution in [3.8, 4) is 0 Å². The molecule has 16 heavy (non-hydrogen) atoms. The standard InChI is InChI=1S/C10H8FNO2S2/c1-14-10(13)9-12-7-6(15-2)4-3-5(11)8(7)16-9/h3-4H,1-2H3. The third kappa shape index (κ3) is 1.78. The Morgan fingerprint density at radius 1 is 1.56 bits per heavy atom. The van der Waals surface area contributed by atoms with E-state index in [0.29, 0.717) is 10.2 Å². The summed E-state index contributed by atoms with van der Waals surface area (Å²) in [6.45, 7) is 0. The van der Waals surface area contributed by atoms with Crippen molar-refractivity contribution in [2.24, 2.45) is 0 Å². The van der Waals surface area contributed by atoms with Gasteiger partial charge in [0.05, 0.1) is 17.3 Å². The van der Waals surface area contributed by atoms with Gasteiger partial charge in [-0.05, 0) is 18.4 Å². The molecule has 0 fully saturated rings. The van der Waals surface area contributed by atoms with Crippen molar-refractivity contribution >= 4 is 39.3 Å². The molecule has 2 aromatic rings. The molecule has 0 unspecified atom stereocenters. The molecule has 2 rings (SSSR count). The topological polar surface area (TPSA) is 39.2 Å². The van der Waals surface area contributed by atoms with Gasteiger partial charge in [-0.2, -0.15) is 0 Å². The number of aromatic nitrogens is 1. The van der Waals surface area contributed by atoms with Crippen LogP contribution in [0.25, 0.3) is 10.2 Å². The molecule has 0 radical (unpaired) electrons. The number of carbonyl (C=O) groups is 1. The highest BCUT2D eigenvalue weighted by Gasteiger charge is 2.16. The minimum atomic E-state index is -0.535. The molecule has 0 spiro atoms. The second-order valence-electron chi connectivity index (χ2n) is 2.94. The van der Waals surface area contributed by atoms with Crippen LogP contribution in [0, 0.1) is 5.82 Å². The molecule has 0 aliphatic heterocycles. The monoisotopic (exact) mass is 257 g/mol. The van der Waals surface area contributed by atoms with Crippen LogP contribution in [0.1, 0.15) is 9.80 Å². The van der Waals surface area contributed by atoms with Gasteiger partial charge in [0, 0.05) is 4.90 Å². The van der Waals surface area contributed by atoms with Crippen LogP contribution < -0.4 is 0 Å². The Hall–Kier alpha value is -1.14. The van der Waals surface area contributed by atoms with Gasteiger partial charge in [0.15, 0.2) is 0 Å². The number of thioether (sulfide) groups is 1. The molecule has 3 nitrogen and oxygen atoms in total. The van der Waals surface area contributed by atoms with Gasteiger partial charge in [0.1, 0.15) is 5.82 Å². The summed E-state index contributed by atoms with van der Waals surface area (Å²) in [5.74, 6) is -0.895. The molecule has 0 atom stereocenters. The third-order valence-corrected chi connectivity index (χ3v) is 3.85. The Labute approximate surface area is 99.6 Å². The number of methoxy groups -OCH3 is 1. The Balaban J connectivity index is 2.68. The maximum Gasteiger partial charge on any atom is 0.367 e. The summed E-state index contributed by atoms with van der Waals surface area (Å²) < 4.78 is 18.4. The number of benzene rings is 1. The summed E-state index contributed by atoms with van der Waals surface area (Å²) in [7, 11) is 1.28. The molecule has 6 heteroatoms. The molecule has 1 heterocycles. The highest BCUT2D eigenvalue weighted by molar-refractivity contribution is 7.98. The summed E-state index contributed by atoms with van der Waals surface area (Å²) in [5.41, 5.74) is 0.526. The number of nitrogens with zero attached hydrogens (tertiary/aromatic N) is 1. The molecule has 0 aliphatic rings. The van der Waals surface area contributed by atoms with Gasteiger partial charge in [0.25, 0.3) is 0 Å². The van der Waals surface area contributed by atoms with Gasteiger partial charge < -0.3 is 4.74 Å². The zero-order valence-corrected chi connectivity index (χ0v) is 10.2. The predicted molar refractivity (Wildman–Crippen MR) is 62.7 cm³/mol. The fourth-order valence-corrected chi connectivity index (χ4v) is 2.82. The number of halogens is 1. The predicted octanol–water partition coefficient (Wildman–Crippen LogP) is 2.94. The fourth-order valence-electron chi connectivity index (χ4n) is 1.29. The SMILES string of the molecule is COC(=O)c1nc2c(SC)ccc(F)c2s1. The second-order valence-corrected chi connectivity index (χ2v) is 4.79. The van der Waals surface area contributed by atoms with Crippen molar-refractivity contribution in [2.45, 2.75) is 4.90 Å². The number of thiazole rings is 1. The number of hydrogen-bond acceptors (Lipinski definition) is 5. The molecule has 0 aliphatic carbocycles. The minimum Gasteiger partial charge on any atom is -0.464 e. The van der Waals surface area contributed by atoms with Crippen molar-refractivity contribution in [1.82, 2.24) is 4.98 Å². The van der Waals surface area contributed by atoms with Crippen molar-refractivity contribution in [3.05, 3.63) is 23.0 Å². The quantitative estimate of drug-likeness (QED) is 0.612. The Morgan fingerprint density at radius 2 is 2.31 bits per heavy atom. The largest absolute Gasteiger partial charge is 0.464 e. The van der Waals surface area contributed by atoms with Crippen molar-refractivity contribution in [2.75, 3.05) is 13.4 Å². The minimum absolute atomic E-state index is 0.179. The van der Waals surface area contributed by atoms with E-state index in [0.717, 1.165) is 16.2 Å². The normalized spacial score (nSPS) is 10.7. The van der Waals surface area contributed by atoms with E-state index in [1.54, 1.807) is 6.07 Å². The smallest absolute Gasteiger partial charge is 0.367 e. The average Bonchev–Trinajstić information content (AvgIpc) is 2.74. The van der Waals surface area contributed by atoms with E-state index in [4.69, 9.17) is 0 Å². The first-order valence-electron chi connectivity index (χ1n) is 4.38. The van der Waals surface area contributed by atoms with Crippen molar-refractivity contribution < 1.29 is 13.9 Å². The van der Waals surface area contributed by atoms with Gasteiger partial charge in [-0.15, -0.1) is 23.1 Å². The second kappa shape index (κ2) is 4.39. The van der Waals surface area contributed by atoms with E-state index in [2.05, 4.69) is 9.72 Å². The molecule has 0 N–H and O–H groups in total. The number of hydrogen-bond donors (Lipinski definition) is 0. The summed E-state index contributed by atoms with van der Waals surface area (Å²) in [5, 5.41) is 0.179. The molecular formula is C10H8FNO2S2. The van der Waals surface area contributed by atoms with Gasteiger partial charge in [0.2, 0.25) is 5.01 Å². The lowest BCUT2D eigenvalue weighted by Gasteiger charge is -1.96. The van der Waals surface area contributed by atoms with Gasteiger partial charge in [-0.3, -0.25) is 0 Å². The molecule has 1 aromatic carbocycles. The van der Waals surface area contributed by atoms with Crippen LogP contribution in [0.2, 0.25) is 0 Å². The number of carbonyl (C=O) groups excluding carboxylic acids is 1.